The van der Waals surface area contributed by atoms with Crippen LogP contribution in [0, 0.1) is 0 Å². The van der Waals surface area contributed by atoms with Crippen LogP contribution < -0.4 is 10.5 Å². The second-order valence-electron chi connectivity index (χ2n) is 4.08. The lowest BCUT2D eigenvalue weighted by Crippen LogP contribution is -2.25. The first-order chi connectivity index (χ1) is 9.31. The van der Waals surface area contributed by atoms with Gasteiger partial charge in [0, 0.05) is 24.5 Å². The quantitative estimate of drug-likeness (QED) is 0.834. The average Bonchev–Trinajstić information content (AvgIpc) is 2.70. The highest BCUT2D eigenvalue weighted by molar-refractivity contribution is 7.89. The zero-order valence-electron chi connectivity index (χ0n) is 10.5. The van der Waals surface area contributed by atoms with E-state index in [1.807, 2.05) is 0 Å². The fourth-order valence-corrected chi connectivity index (χ4v) is 3.62. The SMILES string of the molecule is Cn1ccnc1CNS(=O)(=O)c1c(N)cc(Cl)cc1Cl. The molecule has 0 atom stereocenters. The number of rotatable bonds is 4. The fourth-order valence-electron chi connectivity index (χ4n) is 1.66. The molecule has 0 bridgehead atoms. The lowest BCUT2D eigenvalue weighted by Gasteiger charge is -2.11. The van der Waals surface area contributed by atoms with Gasteiger partial charge >= 0.3 is 0 Å². The minimum atomic E-state index is -3.85. The Bertz CT molecular complexity index is 720. The summed E-state index contributed by atoms with van der Waals surface area (Å²) >= 11 is 11.7. The third kappa shape index (κ3) is 3.06. The molecule has 0 aliphatic rings. The zero-order chi connectivity index (χ0) is 14.9. The maximum Gasteiger partial charge on any atom is 0.244 e. The summed E-state index contributed by atoms with van der Waals surface area (Å²) in [4.78, 5) is 3.84. The van der Waals surface area contributed by atoms with Crippen molar-refractivity contribution in [3.05, 3.63) is 40.4 Å². The first-order valence-corrected chi connectivity index (χ1v) is 7.75. The number of nitrogens with one attached hydrogen (secondary N) is 1. The largest absolute Gasteiger partial charge is 0.398 e. The first-order valence-electron chi connectivity index (χ1n) is 5.51. The van der Waals surface area contributed by atoms with E-state index in [-0.39, 0.29) is 27.2 Å². The van der Waals surface area contributed by atoms with E-state index >= 15 is 0 Å². The van der Waals surface area contributed by atoms with Gasteiger partial charge in [-0.05, 0) is 12.1 Å². The third-order valence-electron chi connectivity index (χ3n) is 2.65. The van der Waals surface area contributed by atoms with E-state index in [9.17, 15) is 8.42 Å². The van der Waals surface area contributed by atoms with Crippen LogP contribution >= 0.6 is 23.2 Å². The number of anilines is 1. The van der Waals surface area contributed by atoms with Crippen molar-refractivity contribution in [3.63, 3.8) is 0 Å². The molecule has 0 saturated carbocycles. The zero-order valence-corrected chi connectivity index (χ0v) is 12.8. The second kappa shape index (κ2) is 5.61. The molecule has 0 saturated heterocycles. The van der Waals surface area contributed by atoms with Crippen LogP contribution in [0.15, 0.2) is 29.4 Å². The van der Waals surface area contributed by atoms with Crippen molar-refractivity contribution >= 4 is 38.9 Å². The number of aryl methyl sites for hydroxylation is 1. The molecule has 0 spiro atoms. The minimum absolute atomic E-state index is 0.00478. The molecule has 20 heavy (non-hydrogen) atoms. The van der Waals surface area contributed by atoms with Crippen molar-refractivity contribution in [2.75, 3.05) is 5.73 Å². The molecule has 1 aromatic heterocycles. The van der Waals surface area contributed by atoms with Crippen LogP contribution in [0.3, 0.4) is 0 Å². The Kier molecular flexibility index (Phi) is 4.24. The molecule has 0 aliphatic carbocycles. The molecule has 0 aliphatic heterocycles. The minimum Gasteiger partial charge on any atom is -0.398 e. The predicted octanol–water partition coefficient (Wildman–Crippen LogP) is 1.79. The van der Waals surface area contributed by atoms with E-state index in [4.69, 9.17) is 28.9 Å². The summed E-state index contributed by atoms with van der Waals surface area (Å²) in [5, 5.41) is 0.248. The average molecular weight is 335 g/mol. The maximum atomic E-state index is 12.2. The number of imidazole rings is 1. The number of halogens is 2. The highest BCUT2D eigenvalue weighted by Crippen LogP contribution is 2.30. The van der Waals surface area contributed by atoms with E-state index in [1.54, 1.807) is 24.0 Å². The second-order valence-corrected chi connectivity index (χ2v) is 6.63. The lowest BCUT2D eigenvalue weighted by molar-refractivity contribution is 0.578. The monoisotopic (exact) mass is 334 g/mol. The van der Waals surface area contributed by atoms with Crippen LogP contribution in [0.2, 0.25) is 10.0 Å². The Morgan fingerprint density at radius 2 is 2.10 bits per heavy atom. The van der Waals surface area contributed by atoms with E-state index in [0.29, 0.717) is 5.82 Å². The number of aromatic nitrogens is 2. The van der Waals surface area contributed by atoms with Crippen LogP contribution in [0.1, 0.15) is 5.82 Å². The van der Waals surface area contributed by atoms with Gasteiger partial charge in [0.2, 0.25) is 10.0 Å². The van der Waals surface area contributed by atoms with E-state index in [2.05, 4.69) is 9.71 Å². The summed E-state index contributed by atoms with van der Waals surface area (Å²) in [5.41, 5.74) is 5.67. The van der Waals surface area contributed by atoms with Gasteiger partial charge in [0.05, 0.1) is 17.3 Å². The molecule has 0 radical (unpaired) electrons. The highest BCUT2D eigenvalue weighted by Gasteiger charge is 2.22. The molecule has 1 aromatic carbocycles. The molecular weight excluding hydrogens is 323 g/mol. The summed E-state index contributed by atoms with van der Waals surface area (Å²) in [6.45, 7) is 0.0320. The van der Waals surface area contributed by atoms with Gasteiger partial charge in [-0.1, -0.05) is 23.2 Å². The third-order valence-corrected chi connectivity index (χ3v) is 4.79. The summed E-state index contributed by atoms with van der Waals surface area (Å²) in [7, 11) is -2.09. The van der Waals surface area contributed by atoms with Gasteiger partial charge in [0.25, 0.3) is 0 Å². The summed E-state index contributed by atoms with van der Waals surface area (Å²) in [6.07, 6.45) is 3.29. The van der Waals surface area contributed by atoms with Crippen LogP contribution in [-0.2, 0) is 23.6 Å². The molecular formula is C11H12Cl2N4O2S. The normalized spacial score (nSPS) is 11.8. The Morgan fingerprint density at radius 3 is 2.65 bits per heavy atom. The number of sulfonamides is 1. The summed E-state index contributed by atoms with van der Waals surface area (Å²) in [5.74, 6) is 0.567. The first kappa shape index (κ1) is 15.1. The number of nitrogen functional groups attached to an aromatic ring is 1. The van der Waals surface area contributed by atoms with Crippen molar-refractivity contribution in [2.45, 2.75) is 11.4 Å². The smallest absolute Gasteiger partial charge is 0.244 e. The van der Waals surface area contributed by atoms with Crippen LogP contribution in [0.4, 0.5) is 5.69 Å². The van der Waals surface area contributed by atoms with Gasteiger partial charge in [-0.2, -0.15) is 0 Å². The Morgan fingerprint density at radius 1 is 1.40 bits per heavy atom. The molecule has 0 unspecified atom stereocenters. The van der Waals surface area contributed by atoms with Gasteiger partial charge in [-0.3, -0.25) is 0 Å². The number of nitrogens with zero attached hydrogens (tertiary/aromatic N) is 2. The molecule has 1 heterocycles. The van der Waals surface area contributed by atoms with E-state index in [1.165, 1.54) is 12.1 Å². The fraction of sp³-hybridized carbons (Fsp3) is 0.182. The summed E-state index contributed by atoms with van der Waals surface area (Å²) < 4.78 is 28.6. The Labute approximate surface area is 126 Å². The molecule has 6 nitrogen and oxygen atoms in total. The highest BCUT2D eigenvalue weighted by atomic mass is 35.5. The molecule has 3 N–H and O–H groups in total. The lowest BCUT2D eigenvalue weighted by atomic mass is 10.3. The number of hydrogen-bond acceptors (Lipinski definition) is 4. The molecule has 2 rings (SSSR count). The van der Waals surface area contributed by atoms with Crippen LogP contribution in [0.5, 0.6) is 0 Å². The Balaban J connectivity index is 2.30. The topological polar surface area (TPSA) is 90.0 Å². The van der Waals surface area contributed by atoms with Crippen LogP contribution in [-0.4, -0.2) is 18.0 Å². The van der Waals surface area contributed by atoms with E-state index < -0.39 is 10.0 Å². The summed E-state index contributed by atoms with van der Waals surface area (Å²) in [6, 6.07) is 2.66. The van der Waals surface area contributed by atoms with Crippen molar-refractivity contribution in [3.8, 4) is 0 Å². The van der Waals surface area contributed by atoms with Gasteiger partial charge in [0.1, 0.15) is 10.7 Å². The molecule has 108 valence electrons. The van der Waals surface area contributed by atoms with Gasteiger partial charge < -0.3 is 10.3 Å². The van der Waals surface area contributed by atoms with Crippen molar-refractivity contribution < 1.29 is 8.42 Å². The molecule has 2 aromatic rings. The van der Waals surface area contributed by atoms with Gasteiger partial charge in [-0.15, -0.1) is 0 Å². The molecule has 0 fully saturated rings. The number of benzene rings is 1. The van der Waals surface area contributed by atoms with Crippen LogP contribution in [0.25, 0.3) is 0 Å². The maximum absolute atomic E-state index is 12.2. The molecule has 0 amide bonds. The standard InChI is InChI=1S/C11H12Cl2N4O2S/c1-17-3-2-15-10(17)6-16-20(18,19)11-8(13)4-7(12)5-9(11)14/h2-5,16H,6,14H2,1H3. The van der Waals surface area contributed by atoms with Crippen molar-refractivity contribution in [2.24, 2.45) is 7.05 Å². The van der Waals surface area contributed by atoms with Gasteiger partial charge in [-0.25, -0.2) is 18.1 Å². The number of hydrogen-bond donors (Lipinski definition) is 2. The molecule has 9 heteroatoms. The van der Waals surface area contributed by atoms with Crippen molar-refractivity contribution in [1.29, 1.82) is 0 Å². The Hall–Kier alpha value is -1.28. The van der Waals surface area contributed by atoms with E-state index in [0.717, 1.165) is 0 Å². The van der Waals surface area contributed by atoms with Crippen molar-refractivity contribution in [1.82, 2.24) is 14.3 Å². The predicted molar refractivity (Wildman–Crippen MR) is 78.1 cm³/mol. The van der Waals surface area contributed by atoms with Gasteiger partial charge in [0.15, 0.2) is 0 Å². The number of nitrogens with two attached hydrogens (primary N) is 1.